The summed E-state index contributed by atoms with van der Waals surface area (Å²) in [6.07, 6.45) is -0.747. The zero-order chi connectivity index (χ0) is 18.8. The van der Waals surface area contributed by atoms with Crippen LogP contribution in [0, 0.1) is 0 Å². The monoisotopic (exact) mass is 394 g/mol. The van der Waals surface area contributed by atoms with Crippen LogP contribution >= 0.6 is 11.8 Å². The van der Waals surface area contributed by atoms with Gasteiger partial charge in [0.1, 0.15) is 30.1 Å². The van der Waals surface area contributed by atoms with E-state index in [0.717, 1.165) is 0 Å². The Labute approximate surface area is 152 Å². The van der Waals surface area contributed by atoms with Crippen molar-refractivity contribution in [2.24, 2.45) is 5.73 Å². The number of nitrogen functional groups attached to an aromatic ring is 1. The zero-order valence-corrected chi connectivity index (χ0v) is 14.5. The molecule has 0 amide bonds. The topological polar surface area (TPSA) is 183 Å². The summed E-state index contributed by atoms with van der Waals surface area (Å²) in [4.78, 5) is 22.8. The van der Waals surface area contributed by atoms with Crippen molar-refractivity contribution >= 4 is 34.7 Å². The first-order valence-electron chi connectivity index (χ1n) is 7.91. The third kappa shape index (κ3) is 3.59. The molecule has 0 spiro atoms. The number of aliphatic carboxylic acids is 1. The maximum absolute atomic E-state index is 10.7. The lowest BCUT2D eigenvalue weighted by Gasteiger charge is -2.16. The van der Waals surface area contributed by atoms with E-state index in [1.807, 2.05) is 0 Å². The van der Waals surface area contributed by atoms with Crippen molar-refractivity contribution in [2.75, 3.05) is 17.2 Å². The summed E-state index contributed by atoms with van der Waals surface area (Å²) in [5.74, 6) is 0.0405. The third-order valence-corrected chi connectivity index (χ3v) is 5.26. The van der Waals surface area contributed by atoms with Gasteiger partial charge >= 0.3 is 5.97 Å². The Morgan fingerprint density at radius 3 is 2.88 bits per heavy atom. The molecule has 0 saturated carbocycles. The number of aliphatic hydroxyl groups is 2. The first-order valence-corrected chi connectivity index (χ1v) is 9.06. The maximum atomic E-state index is 10.7. The van der Waals surface area contributed by atoms with E-state index in [1.165, 1.54) is 29.0 Å². The highest BCUT2D eigenvalue weighted by molar-refractivity contribution is 7.99. The number of carboxylic acids is 1. The summed E-state index contributed by atoms with van der Waals surface area (Å²) in [7, 11) is 0. The largest absolute Gasteiger partial charge is 0.480 e. The first kappa shape index (κ1) is 18.8. The second-order valence-electron chi connectivity index (χ2n) is 5.94. The van der Waals surface area contributed by atoms with Gasteiger partial charge in [0.2, 0.25) is 0 Å². The molecule has 2 aromatic heterocycles. The summed E-state index contributed by atoms with van der Waals surface area (Å²) in [5.41, 5.74) is 12.0. The Morgan fingerprint density at radius 1 is 1.38 bits per heavy atom. The summed E-state index contributed by atoms with van der Waals surface area (Å²) in [6.45, 7) is 0. The van der Waals surface area contributed by atoms with Crippen molar-refractivity contribution in [3.05, 3.63) is 12.7 Å². The molecule has 1 fully saturated rings. The smallest absolute Gasteiger partial charge is 0.320 e. The van der Waals surface area contributed by atoms with E-state index < -0.39 is 36.6 Å². The Kier molecular flexibility index (Phi) is 5.58. The molecular formula is C14H20N6O5S. The molecule has 1 aliphatic rings. The van der Waals surface area contributed by atoms with Crippen LogP contribution in [0.4, 0.5) is 5.82 Å². The average molecular weight is 394 g/mol. The molecular weight excluding hydrogens is 374 g/mol. The molecule has 0 unspecified atom stereocenters. The summed E-state index contributed by atoms with van der Waals surface area (Å²) >= 11 is 1.40. The van der Waals surface area contributed by atoms with Crippen LogP contribution in [0.25, 0.3) is 11.2 Å². The quantitative estimate of drug-likeness (QED) is 0.347. The maximum Gasteiger partial charge on any atom is 0.320 e. The molecule has 0 radical (unpaired) electrons. The standard InChI is InChI=1S/C14H20N6O5S/c15-6(14(23)24)1-2-26-3-7-9(21)10(22)13(25-7)20-5-19-8-11(16)17-4-18-12(8)20/h4-7,9-10,13,21-22H,1-3,15H2,(H,23,24)(H2,16,17,18)/t6-,7+,9+,10+,13+/m0/s1/i3+2,7+2,9+2,10+2,13+2. The van der Waals surface area contributed by atoms with E-state index in [1.54, 1.807) is 0 Å². The minimum atomic E-state index is -1.17. The fourth-order valence-corrected chi connectivity index (χ4v) is 3.78. The van der Waals surface area contributed by atoms with Crippen LogP contribution in [-0.4, -0.2) is 76.7 Å². The molecule has 0 aromatic carbocycles. The van der Waals surface area contributed by atoms with Gasteiger partial charge in [0, 0.05) is 5.75 Å². The fraction of sp³-hybridized carbons (Fsp3) is 0.571. The number of nitrogens with two attached hydrogens (primary N) is 2. The summed E-state index contributed by atoms with van der Waals surface area (Å²) in [6, 6.07) is -0.919. The van der Waals surface area contributed by atoms with Gasteiger partial charge in [0.15, 0.2) is 17.7 Å². The van der Waals surface area contributed by atoms with Crippen molar-refractivity contribution in [1.82, 2.24) is 19.5 Å². The molecule has 2 aromatic rings. The average Bonchev–Trinajstić information content (AvgIpc) is 3.15. The lowest BCUT2D eigenvalue weighted by atomic mass is 10.2. The highest BCUT2D eigenvalue weighted by Crippen LogP contribution is 2.33. The highest BCUT2D eigenvalue weighted by Gasteiger charge is 2.44. The van der Waals surface area contributed by atoms with Crippen LogP contribution < -0.4 is 11.5 Å². The van der Waals surface area contributed by atoms with E-state index in [2.05, 4.69) is 15.0 Å². The van der Waals surface area contributed by atoms with Gasteiger partial charge in [-0.1, -0.05) is 0 Å². The van der Waals surface area contributed by atoms with Gasteiger partial charge in [-0.25, -0.2) is 15.0 Å². The predicted molar refractivity (Wildman–Crippen MR) is 93.2 cm³/mol. The number of hydrogen-bond donors (Lipinski definition) is 5. The number of imidazole rings is 1. The molecule has 1 aliphatic heterocycles. The van der Waals surface area contributed by atoms with Gasteiger partial charge in [-0.05, 0) is 12.2 Å². The Morgan fingerprint density at radius 2 is 2.15 bits per heavy atom. The van der Waals surface area contributed by atoms with Gasteiger partial charge in [0.25, 0.3) is 0 Å². The van der Waals surface area contributed by atoms with Crippen molar-refractivity contribution in [3.8, 4) is 0 Å². The van der Waals surface area contributed by atoms with Gasteiger partial charge in [-0.15, -0.1) is 0 Å². The SMILES string of the molecule is Nc1ncnc2c1ncn2[14C@@H]1O[14C@H]([14CH2]SCC[C@H](N)C(=O)O)[14C@@H](O)[14C@H]1O. The lowest BCUT2D eigenvalue weighted by Crippen LogP contribution is -2.33. The Bertz CT molecular complexity index is 788. The molecule has 26 heavy (non-hydrogen) atoms. The molecule has 7 N–H and O–H groups in total. The normalized spacial score (nSPS) is 27.0. The molecule has 3 heterocycles. The number of fused-ring (bicyclic) bond motifs is 1. The molecule has 0 aliphatic carbocycles. The molecule has 12 heteroatoms. The van der Waals surface area contributed by atoms with Gasteiger partial charge in [0.05, 0.1) is 12.4 Å². The van der Waals surface area contributed by atoms with Crippen LogP contribution in [0.3, 0.4) is 0 Å². The van der Waals surface area contributed by atoms with E-state index in [4.69, 9.17) is 21.3 Å². The molecule has 3 rings (SSSR count). The number of nitrogens with zero attached hydrogens (tertiary/aromatic N) is 4. The second-order valence-corrected chi connectivity index (χ2v) is 7.09. The van der Waals surface area contributed by atoms with Crippen molar-refractivity contribution < 1.29 is 24.9 Å². The van der Waals surface area contributed by atoms with E-state index in [9.17, 15) is 15.0 Å². The number of thioether (sulfide) groups is 1. The highest BCUT2D eigenvalue weighted by atomic mass is 32.2. The van der Waals surface area contributed by atoms with E-state index in [-0.39, 0.29) is 5.82 Å². The number of anilines is 1. The Hall–Kier alpha value is -1.99. The first-order chi connectivity index (χ1) is 12.4. The predicted octanol–water partition coefficient (Wildman–Crippen LogP) is -1.44. The number of hydrogen-bond acceptors (Lipinski definition) is 10. The van der Waals surface area contributed by atoms with Gasteiger partial charge in [-0.3, -0.25) is 9.36 Å². The number of carbonyl (C=O) groups is 1. The lowest BCUT2D eigenvalue weighted by molar-refractivity contribution is -0.138. The van der Waals surface area contributed by atoms with Crippen LogP contribution in [0.2, 0.25) is 0 Å². The number of aliphatic hydroxyl groups excluding tert-OH is 2. The third-order valence-electron chi connectivity index (χ3n) is 4.17. The molecule has 142 valence electrons. The fourth-order valence-electron chi connectivity index (χ4n) is 2.69. The van der Waals surface area contributed by atoms with Crippen LogP contribution in [0.1, 0.15) is 12.6 Å². The van der Waals surface area contributed by atoms with E-state index >= 15 is 0 Å². The molecule has 1 saturated heterocycles. The van der Waals surface area contributed by atoms with Crippen molar-refractivity contribution in [2.45, 2.75) is 37.0 Å². The summed E-state index contributed by atoms with van der Waals surface area (Å²) < 4.78 is 7.29. The van der Waals surface area contributed by atoms with Crippen LogP contribution in [-0.2, 0) is 9.53 Å². The van der Waals surface area contributed by atoms with Gasteiger partial charge < -0.3 is 31.5 Å². The molecule has 5 atom stereocenters. The number of rotatable bonds is 7. The van der Waals surface area contributed by atoms with Gasteiger partial charge in [-0.2, -0.15) is 11.8 Å². The minimum absolute atomic E-state index is 0.212. The molecule has 0 bridgehead atoms. The number of carboxylic acid groups (broad SMARTS) is 1. The van der Waals surface area contributed by atoms with E-state index in [0.29, 0.717) is 29.1 Å². The number of ether oxygens (including phenoxy) is 1. The van der Waals surface area contributed by atoms with Crippen LogP contribution in [0.5, 0.6) is 0 Å². The zero-order valence-electron chi connectivity index (χ0n) is 13.7. The molecule has 11 nitrogen and oxygen atoms in total. The number of aromatic nitrogens is 4. The minimum Gasteiger partial charge on any atom is -0.480 e. The summed E-state index contributed by atoms with van der Waals surface area (Å²) in [5, 5.41) is 29.3. The van der Waals surface area contributed by atoms with Crippen LogP contribution in [0.15, 0.2) is 12.7 Å². The Balaban J connectivity index is 1.64. The van der Waals surface area contributed by atoms with Crippen molar-refractivity contribution in [1.29, 1.82) is 0 Å². The second kappa shape index (κ2) is 7.72. The van der Waals surface area contributed by atoms with Crippen molar-refractivity contribution in [3.63, 3.8) is 0 Å².